The Morgan fingerprint density at radius 2 is 1.91 bits per heavy atom. The monoisotopic (exact) mass is 313 g/mol. The van der Waals surface area contributed by atoms with Gasteiger partial charge in [-0.15, -0.1) is 0 Å². The second kappa shape index (κ2) is 6.84. The highest BCUT2D eigenvalue weighted by Crippen LogP contribution is 2.29. The largest absolute Gasteiger partial charge is 0.478 e. The van der Waals surface area contributed by atoms with Crippen LogP contribution in [0.25, 0.3) is 17.2 Å². The number of carboxylic acid groups (broad SMARTS) is 1. The van der Waals surface area contributed by atoms with Crippen molar-refractivity contribution in [1.82, 2.24) is 0 Å². The molecule has 0 saturated heterocycles. The van der Waals surface area contributed by atoms with Gasteiger partial charge in [-0.25, -0.2) is 13.6 Å². The van der Waals surface area contributed by atoms with Crippen LogP contribution in [0.1, 0.15) is 34.8 Å². The fourth-order valence-electron chi connectivity index (χ4n) is 2.15. The van der Waals surface area contributed by atoms with E-state index in [4.69, 9.17) is 5.26 Å². The van der Waals surface area contributed by atoms with E-state index in [9.17, 15) is 18.7 Å². The number of aromatic carboxylic acids is 1. The van der Waals surface area contributed by atoms with E-state index in [1.165, 1.54) is 24.3 Å². The van der Waals surface area contributed by atoms with Gasteiger partial charge in [-0.2, -0.15) is 5.26 Å². The lowest BCUT2D eigenvalue weighted by molar-refractivity contribution is 0.0697. The Hall–Kier alpha value is -3.00. The van der Waals surface area contributed by atoms with Gasteiger partial charge in [-0.05, 0) is 35.8 Å². The predicted octanol–water partition coefficient (Wildman–Crippen LogP) is 4.78. The molecule has 0 unspecified atom stereocenters. The average Bonchev–Trinajstić information content (AvgIpc) is 2.55. The fraction of sp³-hybridized carbons (Fsp3) is 0.111. The van der Waals surface area contributed by atoms with E-state index in [2.05, 4.69) is 0 Å². The molecule has 2 aromatic rings. The summed E-state index contributed by atoms with van der Waals surface area (Å²) in [6, 6.07) is 10.2. The highest BCUT2D eigenvalue weighted by molar-refractivity contribution is 5.96. The predicted molar refractivity (Wildman–Crippen MR) is 82.9 cm³/mol. The number of carboxylic acids is 1. The van der Waals surface area contributed by atoms with Gasteiger partial charge in [0, 0.05) is 5.56 Å². The summed E-state index contributed by atoms with van der Waals surface area (Å²) in [6.07, 6.45) is 1.62. The topological polar surface area (TPSA) is 61.1 Å². The van der Waals surface area contributed by atoms with Crippen molar-refractivity contribution in [3.63, 3.8) is 0 Å². The summed E-state index contributed by atoms with van der Waals surface area (Å²) in [7, 11) is 0. The smallest absolute Gasteiger partial charge is 0.336 e. The zero-order chi connectivity index (χ0) is 17.0. The van der Waals surface area contributed by atoms with Crippen molar-refractivity contribution in [3.8, 4) is 17.2 Å². The molecular formula is C18H13F2NO2. The van der Waals surface area contributed by atoms with Gasteiger partial charge in [0.2, 0.25) is 0 Å². The second-order valence-electron chi connectivity index (χ2n) is 4.83. The van der Waals surface area contributed by atoms with Crippen molar-refractivity contribution in [2.75, 3.05) is 0 Å². The minimum atomic E-state index is -1.29. The molecule has 0 aliphatic rings. The maximum atomic E-state index is 14.4. The van der Waals surface area contributed by atoms with E-state index in [0.29, 0.717) is 11.1 Å². The van der Waals surface area contributed by atoms with Crippen molar-refractivity contribution >= 4 is 12.0 Å². The van der Waals surface area contributed by atoms with Gasteiger partial charge in [0.05, 0.1) is 11.1 Å². The van der Waals surface area contributed by atoms with Gasteiger partial charge in [-0.3, -0.25) is 0 Å². The molecule has 0 fully saturated rings. The fourth-order valence-corrected chi connectivity index (χ4v) is 2.15. The molecule has 23 heavy (non-hydrogen) atoms. The van der Waals surface area contributed by atoms with Crippen LogP contribution in [0.5, 0.6) is 0 Å². The highest BCUT2D eigenvalue weighted by Gasteiger charge is 2.19. The van der Waals surface area contributed by atoms with Crippen molar-refractivity contribution in [2.24, 2.45) is 0 Å². The minimum Gasteiger partial charge on any atom is -0.478 e. The Bertz CT molecular complexity index is 818. The van der Waals surface area contributed by atoms with E-state index in [1.807, 2.05) is 0 Å². The SMILES string of the molecule is CC/C(F)=C\c1ccc(-c2c(C(=O)O)ccc(C#N)c2F)cc1. The van der Waals surface area contributed by atoms with Crippen molar-refractivity contribution < 1.29 is 18.7 Å². The first-order valence-electron chi connectivity index (χ1n) is 6.90. The number of hydrogen-bond donors (Lipinski definition) is 1. The molecule has 0 heterocycles. The number of allylic oxidation sites excluding steroid dienone is 1. The van der Waals surface area contributed by atoms with Gasteiger partial charge in [0.15, 0.2) is 0 Å². The number of carbonyl (C=O) groups is 1. The van der Waals surface area contributed by atoms with E-state index < -0.39 is 11.8 Å². The van der Waals surface area contributed by atoms with Crippen molar-refractivity contribution in [3.05, 3.63) is 64.7 Å². The lowest BCUT2D eigenvalue weighted by atomic mass is 9.95. The van der Waals surface area contributed by atoms with Gasteiger partial charge in [0.25, 0.3) is 0 Å². The third-order valence-corrected chi connectivity index (χ3v) is 3.35. The molecular weight excluding hydrogens is 300 g/mol. The van der Waals surface area contributed by atoms with E-state index in [-0.39, 0.29) is 28.9 Å². The van der Waals surface area contributed by atoms with Gasteiger partial charge in [-0.1, -0.05) is 31.2 Å². The van der Waals surface area contributed by atoms with Crippen LogP contribution in [0, 0.1) is 17.1 Å². The number of nitrogens with zero attached hydrogens (tertiary/aromatic N) is 1. The van der Waals surface area contributed by atoms with Crippen LogP contribution in [0.3, 0.4) is 0 Å². The minimum absolute atomic E-state index is 0.150. The summed E-state index contributed by atoms with van der Waals surface area (Å²) < 4.78 is 27.6. The molecule has 0 radical (unpaired) electrons. The quantitative estimate of drug-likeness (QED) is 0.883. The standard InChI is InChI=1S/C18H13F2NO2/c1-2-14(19)9-11-3-5-12(6-4-11)16-15(18(22)23)8-7-13(10-21)17(16)20/h3-9H,2H2,1H3,(H,22,23)/b14-9+. The molecule has 0 bridgehead atoms. The molecule has 5 heteroatoms. The Kier molecular flexibility index (Phi) is 4.87. The molecule has 0 aromatic heterocycles. The first-order valence-corrected chi connectivity index (χ1v) is 6.90. The molecule has 0 atom stereocenters. The zero-order valence-electron chi connectivity index (χ0n) is 12.3. The lowest BCUT2D eigenvalue weighted by Crippen LogP contribution is -2.03. The van der Waals surface area contributed by atoms with E-state index in [1.54, 1.807) is 25.1 Å². The van der Waals surface area contributed by atoms with Crippen molar-refractivity contribution in [1.29, 1.82) is 5.26 Å². The Labute approximate surface area is 132 Å². The van der Waals surface area contributed by atoms with E-state index in [0.717, 1.165) is 6.07 Å². The average molecular weight is 313 g/mol. The van der Waals surface area contributed by atoms with Crippen molar-refractivity contribution in [2.45, 2.75) is 13.3 Å². The van der Waals surface area contributed by atoms with Gasteiger partial charge < -0.3 is 5.11 Å². The van der Waals surface area contributed by atoms with Crippen LogP contribution in [-0.4, -0.2) is 11.1 Å². The molecule has 2 aromatic carbocycles. The summed E-state index contributed by atoms with van der Waals surface area (Å²) in [5, 5.41) is 18.1. The summed E-state index contributed by atoms with van der Waals surface area (Å²) in [5.74, 6) is -2.46. The molecule has 2 rings (SSSR count). The van der Waals surface area contributed by atoms with Crippen LogP contribution in [-0.2, 0) is 0 Å². The molecule has 0 amide bonds. The lowest BCUT2D eigenvalue weighted by Gasteiger charge is -2.09. The normalized spacial score (nSPS) is 11.1. The van der Waals surface area contributed by atoms with Crippen LogP contribution >= 0.6 is 0 Å². The highest BCUT2D eigenvalue weighted by atomic mass is 19.1. The first-order chi connectivity index (χ1) is 11.0. The third kappa shape index (κ3) is 3.43. The molecule has 0 aliphatic heterocycles. The van der Waals surface area contributed by atoms with Crippen LogP contribution in [0.4, 0.5) is 8.78 Å². The molecule has 0 spiro atoms. The Balaban J connectivity index is 2.58. The zero-order valence-corrected chi connectivity index (χ0v) is 12.3. The number of nitriles is 1. The van der Waals surface area contributed by atoms with Crippen LogP contribution in [0.15, 0.2) is 42.2 Å². The molecule has 0 aliphatic carbocycles. The Morgan fingerprint density at radius 1 is 1.26 bits per heavy atom. The molecule has 116 valence electrons. The number of halogens is 2. The second-order valence-corrected chi connectivity index (χ2v) is 4.83. The maximum absolute atomic E-state index is 14.4. The van der Waals surface area contributed by atoms with Gasteiger partial charge >= 0.3 is 5.97 Å². The van der Waals surface area contributed by atoms with E-state index >= 15 is 0 Å². The van der Waals surface area contributed by atoms with Crippen LogP contribution < -0.4 is 0 Å². The summed E-state index contributed by atoms with van der Waals surface area (Å²) in [5.41, 5.74) is 0.284. The first kappa shape index (κ1) is 16.4. The number of rotatable bonds is 4. The van der Waals surface area contributed by atoms with Crippen LogP contribution in [0.2, 0.25) is 0 Å². The number of hydrogen-bond acceptors (Lipinski definition) is 2. The summed E-state index contributed by atoms with van der Waals surface area (Å²) in [4.78, 5) is 11.3. The van der Waals surface area contributed by atoms with Gasteiger partial charge in [0.1, 0.15) is 17.7 Å². The molecule has 0 saturated carbocycles. The summed E-state index contributed by atoms with van der Waals surface area (Å²) >= 11 is 0. The third-order valence-electron chi connectivity index (χ3n) is 3.35. The summed E-state index contributed by atoms with van der Waals surface area (Å²) in [6.45, 7) is 1.68. The Morgan fingerprint density at radius 3 is 2.43 bits per heavy atom. The maximum Gasteiger partial charge on any atom is 0.336 e. The number of benzene rings is 2. The molecule has 3 nitrogen and oxygen atoms in total. The molecule has 1 N–H and O–H groups in total.